The molecule has 38 nitrogen and oxygen atoms in total. The highest BCUT2D eigenvalue weighted by Crippen LogP contribution is 2.25. The standard InChI is InChI=1S/C52H86N26O12/c1-2-3-4-5-6-7-8-9-10-11-12-13-17-23-32(79)63-26-19-18-22-29(27-64-30-24-25-31(78(88)89)35-34(30)76-90-77-35)65-47(86)48(87)66-33(28-20-15-14-16-21-28)42(81)68-39(73-50(57)58)44(83)70-41(75-52(61)62)46(85)71-40(74-51(59)60)45(84)69-38(72-49(55)56)43(82)67-36(53)37(54)80/h14-16,20-21,24-25,29,33,36,38-41,47,65,77,86H,2-13,17-19,22-23,26-27,53H2,1H3,(H2,54,80)(H,63,79)(H,66,87)(H,67,82)(H,68,81)(H,69,84)(H,70,83)(H,71,85)(H4,55,56,72)(H4,57,58,73)(H4,59,60,74)(H4,61,62,75). The summed E-state index contributed by atoms with van der Waals surface area (Å²) in [6, 6.07) is 7.40. The number of nitrogens with two attached hydrogens (primary N) is 10. The lowest BCUT2D eigenvalue weighted by molar-refractivity contribution is -0.384. The van der Waals surface area contributed by atoms with E-state index in [4.69, 9.17) is 62.0 Å². The van der Waals surface area contributed by atoms with Crippen LogP contribution in [0.4, 0.5) is 5.69 Å². The van der Waals surface area contributed by atoms with Crippen molar-refractivity contribution in [3.63, 3.8) is 0 Å². The molecule has 38 heteroatoms. The van der Waals surface area contributed by atoms with Crippen LogP contribution in [0.2, 0.25) is 0 Å². The fourth-order valence-corrected chi connectivity index (χ4v) is 8.58. The Morgan fingerprint density at radius 2 is 1.07 bits per heavy atom. The minimum absolute atomic E-state index is 0.0269. The van der Waals surface area contributed by atoms with Crippen LogP contribution in [0.5, 0.6) is 0 Å². The van der Waals surface area contributed by atoms with Crippen LogP contribution in [0.3, 0.4) is 0 Å². The minimum Gasteiger partial charge on any atom is -0.370 e. The molecule has 2 aliphatic rings. The molecule has 8 amide bonds. The number of nitro groups is 1. The van der Waals surface area contributed by atoms with Crippen molar-refractivity contribution in [2.24, 2.45) is 82.3 Å². The third kappa shape index (κ3) is 27.6. The number of aromatic nitrogens is 2. The predicted octanol–water partition coefficient (Wildman–Crippen LogP) is -5.43. The number of carbonyl (C=O) groups is 8. The first-order valence-electron chi connectivity index (χ1n) is 28.9. The highest BCUT2D eigenvalue weighted by Gasteiger charge is 2.35. The molecule has 1 aromatic rings. The van der Waals surface area contributed by atoms with Crippen LogP contribution < -0.4 is 105 Å². The van der Waals surface area contributed by atoms with E-state index in [1.54, 1.807) is 6.07 Å². The van der Waals surface area contributed by atoms with Gasteiger partial charge in [0.1, 0.15) is 6.04 Å². The summed E-state index contributed by atoms with van der Waals surface area (Å²) in [5.41, 5.74) is 54.5. The van der Waals surface area contributed by atoms with Gasteiger partial charge in [0, 0.05) is 25.1 Å². The smallest absolute Gasteiger partial charge is 0.298 e. The lowest BCUT2D eigenvalue weighted by atomic mass is 10.0. The summed E-state index contributed by atoms with van der Waals surface area (Å²) in [4.78, 5) is 137. The number of carbonyl (C=O) groups excluding carboxylic acids is 8. The Labute approximate surface area is 516 Å². The first kappa shape index (κ1) is 74.0. The average Bonchev–Trinajstić information content (AvgIpc) is 1.72. The van der Waals surface area contributed by atoms with Gasteiger partial charge in [0.25, 0.3) is 41.1 Å². The monoisotopic (exact) mass is 1270 g/mol. The molecule has 1 aliphatic heterocycles. The van der Waals surface area contributed by atoms with Crippen LogP contribution in [-0.2, 0) is 38.4 Å². The molecule has 1 aliphatic carbocycles. The number of guanidine groups is 4. The van der Waals surface area contributed by atoms with Crippen LogP contribution in [0.25, 0.3) is 11.4 Å². The van der Waals surface area contributed by atoms with Crippen LogP contribution in [0, 0.1) is 10.1 Å². The summed E-state index contributed by atoms with van der Waals surface area (Å²) in [6.07, 6.45) is 4.38. The molecule has 90 heavy (non-hydrogen) atoms. The molecule has 496 valence electrons. The Hall–Kier alpha value is -10.2. The van der Waals surface area contributed by atoms with Gasteiger partial charge in [0.15, 0.2) is 47.6 Å². The van der Waals surface area contributed by atoms with Crippen molar-refractivity contribution in [1.82, 2.24) is 52.8 Å². The molecule has 8 atom stereocenters. The second-order valence-electron chi connectivity index (χ2n) is 20.4. The number of aromatic amines is 1. The van der Waals surface area contributed by atoms with E-state index in [2.05, 4.69) is 68.8 Å². The maximum atomic E-state index is 14.3. The molecule has 0 spiro atoms. The molecule has 0 saturated heterocycles. The van der Waals surface area contributed by atoms with Crippen LogP contribution in [0.15, 0.2) is 72.1 Å². The van der Waals surface area contributed by atoms with E-state index in [1.807, 2.05) is 16.0 Å². The first-order valence-corrected chi connectivity index (χ1v) is 28.9. The second kappa shape index (κ2) is 39.5. The average molecular weight is 1270 g/mol. The number of benzene rings is 2. The molecule has 0 fully saturated rings. The number of hydrogen-bond acceptors (Lipinski definition) is 20. The van der Waals surface area contributed by atoms with Crippen molar-refractivity contribution in [2.75, 3.05) is 13.1 Å². The van der Waals surface area contributed by atoms with Crippen molar-refractivity contribution >= 4 is 76.8 Å². The topological polar surface area (TPSA) is 660 Å². The Morgan fingerprint density at radius 1 is 0.600 bits per heavy atom. The molecule has 30 N–H and O–H groups in total. The number of aliphatic hydroxyl groups is 1. The number of aliphatic imine (C=N–C) groups is 4. The quantitative estimate of drug-likeness (QED) is 0.00628. The van der Waals surface area contributed by atoms with Crippen LogP contribution in [-0.4, -0.2) is 148 Å². The Balaban J connectivity index is 1.79. The highest BCUT2D eigenvalue weighted by atomic mass is 16.6. The Kier molecular flexibility index (Phi) is 32.5. The van der Waals surface area contributed by atoms with Crippen molar-refractivity contribution < 1.29 is 53.0 Å². The van der Waals surface area contributed by atoms with Gasteiger partial charge in [-0.25, -0.2) is 20.0 Å². The summed E-state index contributed by atoms with van der Waals surface area (Å²) < 4.78 is 4.89. The number of primary amides is 1. The van der Waals surface area contributed by atoms with Gasteiger partial charge >= 0.3 is 0 Å². The summed E-state index contributed by atoms with van der Waals surface area (Å²) in [5.74, 6) is -12.5. The third-order valence-electron chi connectivity index (χ3n) is 13.1. The lowest BCUT2D eigenvalue weighted by Crippen LogP contribution is -2.60. The van der Waals surface area contributed by atoms with E-state index < -0.39 is 119 Å². The molecular weight excluding hydrogens is 1180 g/mol. The van der Waals surface area contributed by atoms with Gasteiger partial charge in [-0.15, -0.1) is 0 Å². The van der Waals surface area contributed by atoms with Gasteiger partial charge in [-0.05, 0) is 36.0 Å². The van der Waals surface area contributed by atoms with E-state index in [0.717, 1.165) is 25.7 Å². The number of fused-ring (bicyclic) bond motifs is 1. The van der Waals surface area contributed by atoms with Gasteiger partial charge in [-0.1, -0.05) is 121 Å². The minimum atomic E-state index is -2.24. The number of aliphatic hydroxyl groups excluding tert-OH is 1. The van der Waals surface area contributed by atoms with Gasteiger partial charge < -0.3 is 99.7 Å². The normalized spacial score (nSPS) is 13.8. The van der Waals surface area contributed by atoms with E-state index in [-0.39, 0.29) is 46.9 Å². The predicted molar refractivity (Wildman–Crippen MR) is 328 cm³/mol. The van der Waals surface area contributed by atoms with Crippen molar-refractivity contribution in [2.45, 2.75) is 165 Å². The van der Waals surface area contributed by atoms with Gasteiger partial charge in [-0.3, -0.25) is 63.4 Å². The fourth-order valence-electron chi connectivity index (χ4n) is 8.58. The van der Waals surface area contributed by atoms with E-state index in [1.165, 1.54) is 94.2 Å². The number of amides is 8. The van der Waals surface area contributed by atoms with E-state index in [0.29, 0.717) is 25.8 Å². The van der Waals surface area contributed by atoms with Crippen LogP contribution >= 0.6 is 0 Å². The second-order valence-corrected chi connectivity index (χ2v) is 20.4. The zero-order valence-electron chi connectivity index (χ0n) is 49.9. The first-order chi connectivity index (χ1) is 42.8. The molecule has 0 bridgehead atoms. The summed E-state index contributed by atoms with van der Waals surface area (Å²) in [7, 11) is 0. The zero-order chi connectivity index (χ0) is 66.7. The highest BCUT2D eigenvalue weighted by molar-refractivity contribution is 5.99. The lowest BCUT2D eigenvalue weighted by Gasteiger charge is -2.25. The zero-order valence-corrected chi connectivity index (χ0v) is 49.9. The maximum absolute atomic E-state index is 14.3. The number of nitrogens with one attached hydrogen (secondary N) is 9. The van der Waals surface area contributed by atoms with Gasteiger partial charge in [0.05, 0.1) is 16.8 Å². The summed E-state index contributed by atoms with van der Waals surface area (Å²) in [6.45, 7) is 2.40. The van der Waals surface area contributed by atoms with Crippen molar-refractivity contribution in [1.29, 1.82) is 0 Å². The van der Waals surface area contributed by atoms with E-state index >= 15 is 0 Å². The number of unbranched alkanes of at least 4 members (excludes halogenated alkanes) is 13. The van der Waals surface area contributed by atoms with Gasteiger partial charge in [-0.2, -0.15) is 5.16 Å². The summed E-state index contributed by atoms with van der Waals surface area (Å²) in [5, 5.41) is 47.9. The number of rotatable bonds is 42. The maximum Gasteiger partial charge on any atom is 0.298 e. The molecular formula is C52H86N26O12. The number of nitro benzene ring substituents is 1. The van der Waals surface area contributed by atoms with Crippen molar-refractivity contribution in [3.8, 4) is 11.4 Å². The number of H-pyrrole nitrogens is 1. The largest absolute Gasteiger partial charge is 0.370 e. The molecule has 0 radical (unpaired) electrons. The summed E-state index contributed by atoms with van der Waals surface area (Å²) >= 11 is 0. The molecule has 0 saturated carbocycles. The SMILES string of the molecule is CCCCCCCCCCCCCCCC(=O)NCCCCC(CN=c1ccc([N+](=O)[O-])c2[nH]onc1-2)NC(O)C(=O)NC(C(=O)NC(N=C(N)N)C(=O)NC(N=C(N)N)C(=O)NC(N=C(N)N)C(=O)NC(N=C(N)N)C(=O)NC(N)C(N)=O)c1ccccc1. The molecule has 3 rings (SSSR count). The molecule has 1 heterocycles. The van der Waals surface area contributed by atoms with Crippen molar-refractivity contribution in [3.05, 3.63) is 63.5 Å². The fraction of sp³-hybridized carbons (Fsp3) is 0.538. The van der Waals surface area contributed by atoms with E-state index in [9.17, 15) is 53.6 Å². The molecule has 1 aromatic carbocycles. The van der Waals surface area contributed by atoms with Gasteiger partial charge in [0.2, 0.25) is 36.5 Å². The molecule has 8 unspecified atom stereocenters. The Morgan fingerprint density at radius 3 is 1.53 bits per heavy atom. The third-order valence-corrected chi connectivity index (χ3v) is 13.1. The number of hydrogen-bond donors (Lipinski definition) is 20. The molecule has 0 aromatic heterocycles. The Bertz CT molecular complexity index is 2990. The van der Waals surface area contributed by atoms with Crippen LogP contribution in [0.1, 0.15) is 128 Å². The number of nitrogens with zero attached hydrogens (tertiary/aromatic N) is 7.